The molecule has 0 radical (unpaired) electrons. The topological polar surface area (TPSA) is 47.9 Å². The van der Waals surface area contributed by atoms with Gasteiger partial charge in [0.15, 0.2) is 6.29 Å². The molecule has 0 aliphatic carbocycles. The fraction of sp³-hybridized carbons (Fsp3) is 0.647. The molecule has 4 nitrogen and oxygen atoms in total. The van der Waals surface area contributed by atoms with Crippen LogP contribution in [0.2, 0.25) is 0 Å². The molecule has 1 aromatic carbocycles. The van der Waals surface area contributed by atoms with Gasteiger partial charge in [0.25, 0.3) is 0 Å². The van der Waals surface area contributed by atoms with E-state index in [1.54, 1.807) is 0 Å². The summed E-state index contributed by atoms with van der Waals surface area (Å²) in [5.41, 5.74) is 1.10. The van der Waals surface area contributed by atoms with Crippen molar-refractivity contribution in [1.82, 2.24) is 0 Å². The summed E-state index contributed by atoms with van der Waals surface area (Å²) in [6, 6.07) is 9.98. The van der Waals surface area contributed by atoms with Crippen molar-refractivity contribution in [3.8, 4) is 0 Å². The van der Waals surface area contributed by atoms with Crippen LogP contribution in [-0.4, -0.2) is 36.3 Å². The lowest BCUT2D eigenvalue weighted by atomic mass is 10.0. The van der Waals surface area contributed by atoms with E-state index in [1.807, 2.05) is 37.3 Å². The van der Waals surface area contributed by atoms with E-state index in [2.05, 4.69) is 6.92 Å². The first-order chi connectivity index (χ1) is 10.2. The van der Waals surface area contributed by atoms with Crippen molar-refractivity contribution < 1.29 is 19.3 Å². The van der Waals surface area contributed by atoms with Crippen LogP contribution in [0.15, 0.2) is 30.3 Å². The maximum atomic E-state index is 10.2. The molecule has 1 aliphatic heterocycles. The first kappa shape index (κ1) is 16.4. The van der Waals surface area contributed by atoms with Crippen LogP contribution in [-0.2, 0) is 20.8 Å². The Hall–Kier alpha value is -0.940. The van der Waals surface area contributed by atoms with Crippen molar-refractivity contribution in [3.63, 3.8) is 0 Å². The molecule has 1 fully saturated rings. The van der Waals surface area contributed by atoms with Crippen LogP contribution in [0, 0.1) is 0 Å². The van der Waals surface area contributed by atoms with Gasteiger partial charge in [-0.25, -0.2) is 0 Å². The number of benzene rings is 1. The molecule has 0 bridgehead atoms. The molecule has 0 aromatic heterocycles. The van der Waals surface area contributed by atoms with Gasteiger partial charge >= 0.3 is 0 Å². The Kier molecular flexibility index (Phi) is 6.64. The van der Waals surface area contributed by atoms with Crippen molar-refractivity contribution >= 4 is 0 Å². The number of ether oxygens (including phenoxy) is 3. The van der Waals surface area contributed by atoms with Gasteiger partial charge in [0, 0.05) is 13.0 Å². The van der Waals surface area contributed by atoms with E-state index in [-0.39, 0.29) is 18.5 Å². The molecule has 1 saturated heterocycles. The van der Waals surface area contributed by atoms with Gasteiger partial charge in [0.1, 0.15) is 6.10 Å². The standard InChI is InChI=1S/C17H26O4/c1-3-4-10-19-16-11-15(17(18)13(2)21-16)20-12-14-8-6-5-7-9-14/h5-9,13,15-18H,3-4,10-12H2,1-2H3/t13-,15-,16-,17-/m0/s1. The lowest BCUT2D eigenvalue weighted by Gasteiger charge is -2.37. The summed E-state index contributed by atoms with van der Waals surface area (Å²) in [5, 5.41) is 10.2. The van der Waals surface area contributed by atoms with Gasteiger partial charge in [0.05, 0.1) is 18.8 Å². The van der Waals surface area contributed by atoms with E-state index >= 15 is 0 Å². The molecule has 2 rings (SSSR count). The second kappa shape index (κ2) is 8.49. The monoisotopic (exact) mass is 294 g/mol. The maximum absolute atomic E-state index is 10.2. The highest BCUT2D eigenvalue weighted by Gasteiger charge is 2.36. The lowest BCUT2D eigenvalue weighted by molar-refractivity contribution is -0.255. The maximum Gasteiger partial charge on any atom is 0.160 e. The van der Waals surface area contributed by atoms with Gasteiger partial charge in [-0.15, -0.1) is 0 Å². The lowest BCUT2D eigenvalue weighted by Crippen LogP contribution is -2.48. The van der Waals surface area contributed by atoms with Gasteiger partial charge < -0.3 is 19.3 Å². The summed E-state index contributed by atoms with van der Waals surface area (Å²) in [6.45, 7) is 5.18. The molecule has 0 saturated carbocycles. The van der Waals surface area contributed by atoms with E-state index in [1.165, 1.54) is 0 Å². The Bertz CT molecular complexity index is 395. The zero-order valence-electron chi connectivity index (χ0n) is 12.9. The minimum atomic E-state index is -0.611. The van der Waals surface area contributed by atoms with Crippen LogP contribution in [0.25, 0.3) is 0 Å². The Balaban J connectivity index is 1.84. The van der Waals surface area contributed by atoms with Crippen LogP contribution in [0.3, 0.4) is 0 Å². The van der Waals surface area contributed by atoms with Crippen LogP contribution < -0.4 is 0 Å². The molecule has 1 aromatic rings. The molecule has 0 unspecified atom stereocenters. The number of aliphatic hydroxyl groups is 1. The largest absolute Gasteiger partial charge is 0.388 e. The summed E-state index contributed by atoms with van der Waals surface area (Å²) < 4.78 is 17.3. The van der Waals surface area contributed by atoms with Gasteiger partial charge in [-0.1, -0.05) is 43.7 Å². The van der Waals surface area contributed by atoms with Crippen molar-refractivity contribution in [1.29, 1.82) is 0 Å². The van der Waals surface area contributed by atoms with Gasteiger partial charge in [0.2, 0.25) is 0 Å². The van der Waals surface area contributed by atoms with Gasteiger partial charge in [-0.2, -0.15) is 0 Å². The quantitative estimate of drug-likeness (QED) is 0.786. The minimum absolute atomic E-state index is 0.249. The Morgan fingerprint density at radius 3 is 2.71 bits per heavy atom. The average Bonchev–Trinajstić information content (AvgIpc) is 2.50. The third kappa shape index (κ3) is 5.08. The Morgan fingerprint density at radius 2 is 2.00 bits per heavy atom. The number of aliphatic hydroxyl groups excluding tert-OH is 1. The number of rotatable bonds is 7. The molecule has 1 aliphatic rings. The van der Waals surface area contributed by atoms with Crippen molar-refractivity contribution in [2.45, 2.75) is 64.3 Å². The minimum Gasteiger partial charge on any atom is -0.388 e. The van der Waals surface area contributed by atoms with Crippen molar-refractivity contribution in [2.75, 3.05) is 6.61 Å². The van der Waals surface area contributed by atoms with E-state index in [0.717, 1.165) is 18.4 Å². The molecule has 1 heterocycles. The fourth-order valence-electron chi connectivity index (χ4n) is 2.42. The molecule has 0 amide bonds. The van der Waals surface area contributed by atoms with Crippen LogP contribution in [0.1, 0.15) is 38.7 Å². The summed E-state index contributed by atoms with van der Waals surface area (Å²) in [6.07, 6.45) is 1.27. The molecule has 4 heteroatoms. The fourth-order valence-corrected chi connectivity index (χ4v) is 2.42. The van der Waals surface area contributed by atoms with Crippen LogP contribution >= 0.6 is 0 Å². The predicted molar refractivity (Wildman–Crippen MR) is 80.8 cm³/mol. The summed E-state index contributed by atoms with van der Waals surface area (Å²) in [7, 11) is 0. The molecule has 1 N–H and O–H groups in total. The third-order valence-electron chi connectivity index (χ3n) is 3.76. The molecular weight excluding hydrogens is 268 g/mol. The summed E-state index contributed by atoms with van der Waals surface area (Å²) in [4.78, 5) is 0. The number of hydrogen-bond acceptors (Lipinski definition) is 4. The zero-order chi connectivity index (χ0) is 15.1. The SMILES string of the molecule is CCCCO[C@@H]1C[C@H](OCc2ccccc2)[C@@H](O)[C@H](C)O1. The summed E-state index contributed by atoms with van der Waals surface area (Å²) >= 11 is 0. The van der Waals surface area contributed by atoms with Gasteiger partial charge in [-0.05, 0) is 18.9 Å². The molecular formula is C17H26O4. The Labute approximate surface area is 127 Å². The van der Waals surface area contributed by atoms with E-state index < -0.39 is 6.10 Å². The van der Waals surface area contributed by atoms with Crippen LogP contribution in [0.4, 0.5) is 0 Å². The highest BCUT2D eigenvalue weighted by molar-refractivity contribution is 5.13. The molecule has 4 atom stereocenters. The van der Waals surface area contributed by atoms with E-state index in [9.17, 15) is 5.11 Å². The molecule has 118 valence electrons. The smallest absolute Gasteiger partial charge is 0.160 e. The zero-order valence-corrected chi connectivity index (χ0v) is 12.9. The van der Waals surface area contributed by atoms with Crippen molar-refractivity contribution in [3.05, 3.63) is 35.9 Å². The van der Waals surface area contributed by atoms with Crippen molar-refractivity contribution in [2.24, 2.45) is 0 Å². The number of unbranched alkanes of at least 4 members (excludes halogenated alkanes) is 1. The average molecular weight is 294 g/mol. The Morgan fingerprint density at radius 1 is 1.24 bits per heavy atom. The highest BCUT2D eigenvalue weighted by atomic mass is 16.7. The molecule has 21 heavy (non-hydrogen) atoms. The van der Waals surface area contributed by atoms with E-state index in [0.29, 0.717) is 19.6 Å². The number of hydrogen-bond donors (Lipinski definition) is 1. The van der Waals surface area contributed by atoms with Crippen LogP contribution in [0.5, 0.6) is 0 Å². The first-order valence-electron chi connectivity index (χ1n) is 7.81. The predicted octanol–water partition coefficient (Wildman–Crippen LogP) is 2.88. The second-order valence-corrected chi connectivity index (χ2v) is 5.56. The van der Waals surface area contributed by atoms with Gasteiger partial charge in [-0.3, -0.25) is 0 Å². The summed E-state index contributed by atoms with van der Waals surface area (Å²) in [5.74, 6) is 0. The highest BCUT2D eigenvalue weighted by Crippen LogP contribution is 2.24. The molecule has 0 spiro atoms. The van der Waals surface area contributed by atoms with E-state index in [4.69, 9.17) is 14.2 Å². The first-order valence-corrected chi connectivity index (χ1v) is 7.81. The normalized spacial score (nSPS) is 29.5. The second-order valence-electron chi connectivity index (χ2n) is 5.56. The third-order valence-corrected chi connectivity index (χ3v) is 3.76.